The van der Waals surface area contributed by atoms with Gasteiger partial charge in [-0.25, -0.2) is 4.98 Å². The molecule has 1 aromatic carbocycles. The van der Waals surface area contributed by atoms with E-state index in [-0.39, 0.29) is 5.25 Å². The minimum Gasteiger partial charge on any atom is -0.497 e. The van der Waals surface area contributed by atoms with Crippen LogP contribution in [0.15, 0.2) is 47.8 Å². The fourth-order valence-corrected chi connectivity index (χ4v) is 3.02. The van der Waals surface area contributed by atoms with Crippen molar-refractivity contribution in [3.8, 4) is 5.75 Å². The Bertz CT molecular complexity index is 729. The van der Waals surface area contributed by atoms with E-state index in [1.165, 1.54) is 0 Å². The summed E-state index contributed by atoms with van der Waals surface area (Å²) in [5.74, 6) is 0.808. The average Bonchev–Trinajstić information content (AvgIpc) is 2.94. The van der Waals surface area contributed by atoms with E-state index in [1.54, 1.807) is 25.1 Å². The summed E-state index contributed by atoms with van der Waals surface area (Å²) in [7, 11) is 1.65. The molecule has 0 spiro atoms. The van der Waals surface area contributed by atoms with E-state index >= 15 is 0 Å². The van der Waals surface area contributed by atoms with Gasteiger partial charge in [0.25, 0.3) is 0 Å². The van der Waals surface area contributed by atoms with Crippen molar-refractivity contribution in [3.63, 3.8) is 0 Å². The lowest BCUT2D eigenvalue weighted by atomic mass is 10.3. The van der Waals surface area contributed by atoms with Crippen LogP contribution in [0.5, 0.6) is 5.75 Å². The molecule has 0 saturated heterocycles. The SMILES string of the molecule is COc1ccc2nc(SC(CN)c3ccccn3)[nH]c2c1. The van der Waals surface area contributed by atoms with Crippen LogP contribution in [0.4, 0.5) is 0 Å². The predicted molar refractivity (Wildman–Crippen MR) is 84.5 cm³/mol. The van der Waals surface area contributed by atoms with Crippen molar-refractivity contribution in [3.05, 3.63) is 48.3 Å². The van der Waals surface area contributed by atoms with Gasteiger partial charge in [-0.3, -0.25) is 4.98 Å². The zero-order chi connectivity index (χ0) is 14.7. The van der Waals surface area contributed by atoms with Crippen LogP contribution in [-0.2, 0) is 0 Å². The fraction of sp³-hybridized carbons (Fsp3) is 0.200. The minimum absolute atomic E-state index is 0.0775. The molecule has 0 aliphatic heterocycles. The van der Waals surface area contributed by atoms with Crippen LogP contribution in [0.3, 0.4) is 0 Å². The van der Waals surface area contributed by atoms with Gasteiger partial charge in [-0.05, 0) is 24.3 Å². The van der Waals surface area contributed by atoms with Gasteiger partial charge in [-0.15, -0.1) is 0 Å². The Morgan fingerprint density at radius 3 is 2.95 bits per heavy atom. The first-order chi connectivity index (χ1) is 10.3. The number of aromatic amines is 1. The molecule has 0 radical (unpaired) electrons. The number of thioether (sulfide) groups is 1. The summed E-state index contributed by atoms with van der Waals surface area (Å²) in [6.45, 7) is 0.502. The van der Waals surface area contributed by atoms with Gasteiger partial charge in [-0.2, -0.15) is 0 Å². The van der Waals surface area contributed by atoms with Crippen molar-refractivity contribution in [2.75, 3.05) is 13.7 Å². The van der Waals surface area contributed by atoms with Crippen LogP contribution < -0.4 is 10.5 Å². The molecule has 2 aromatic heterocycles. The summed E-state index contributed by atoms with van der Waals surface area (Å²) in [6, 6.07) is 11.6. The van der Waals surface area contributed by atoms with Crippen molar-refractivity contribution in [2.24, 2.45) is 5.73 Å². The standard InChI is InChI=1S/C15H16N4OS/c1-20-10-5-6-11-13(8-10)19-15(18-11)21-14(9-16)12-4-2-3-7-17-12/h2-8,14H,9,16H2,1H3,(H,18,19). The molecular formula is C15H16N4OS. The zero-order valence-electron chi connectivity index (χ0n) is 11.6. The summed E-state index contributed by atoms with van der Waals surface area (Å²) < 4.78 is 5.22. The summed E-state index contributed by atoms with van der Waals surface area (Å²) in [5.41, 5.74) is 8.70. The Morgan fingerprint density at radius 2 is 2.24 bits per heavy atom. The van der Waals surface area contributed by atoms with Gasteiger partial charge in [0.2, 0.25) is 0 Å². The lowest BCUT2D eigenvalue weighted by Gasteiger charge is -2.11. The number of imidazole rings is 1. The molecule has 0 aliphatic carbocycles. The van der Waals surface area contributed by atoms with Crippen LogP contribution >= 0.6 is 11.8 Å². The van der Waals surface area contributed by atoms with E-state index in [0.29, 0.717) is 6.54 Å². The number of fused-ring (bicyclic) bond motifs is 1. The molecule has 1 atom stereocenters. The van der Waals surface area contributed by atoms with Gasteiger partial charge < -0.3 is 15.5 Å². The summed E-state index contributed by atoms with van der Waals surface area (Å²) >= 11 is 1.59. The number of benzene rings is 1. The van der Waals surface area contributed by atoms with E-state index in [4.69, 9.17) is 10.5 Å². The highest BCUT2D eigenvalue weighted by Gasteiger charge is 2.15. The van der Waals surface area contributed by atoms with Crippen LogP contribution in [0.25, 0.3) is 11.0 Å². The summed E-state index contributed by atoms with van der Waals surface area (Å²) in [6.07, 6.45) is 1.78. The van der Waals surface area contributed by atoms with E-state index in [0.717, 1.165) is 27.6 Å². The second kappa shape index (κ2) is 6.15. The molecule has 2 heterocycles. The topological polar surface area (TPSA) is 76.8 Å². The number of H-pyrrole nitrogens is 1. The maximum absolute atomic E-state index is 5.87. The number of pyridine rings is 1. The quantitative estimate of drug-likeness (QED) is 0.709. The first-order valence-corrected chi connectivity index (χ1v) is 7.49. The van der Waals surface area contributed by atoms with Crippen molar-refractivity contribution in [1.29, 1.82) is 0 Å². The number of aromatic nitrogens is 3. The number of methoxy groups -OCH3 is 1. The molecule has 5 nitrogen and oxygen atoms in total. The number of rotatable bonds is 5. The number of nitrogens with zero attached hydrogens (tertiary/aromatic N) is 2. The van der Waals surface area contributed by atoms with Crippen molar-refractivity contribution in [2.45, 2.75) is 10.4 Å². The van der Waals surface area contributed by atoms with Crippen molar-refractivity contribution < 1.29 is 4.74 Å². The highest BCUT2D eigenvalue weighted by atomic mass is 32.2. The molecule has 0 amide bonds. The maximum Gasteiger partial charge on any atom is 0.167 e. The van der Waals surface area contributed by atoms with Crippen LogP contribution in [0.2, 0.25) is 0 Å². The molecule has 21 heavy (non-hydrogen) atoms. The lowest BCUT2D eigenvalue weighted by molar-refractivity contribution is 0.415. The lowest BCUT2D eigenvalue weighted by Crippen LogP contribution is -2.10. The van der Waals surface area contributed by atoms with Gasteiger partial charge in [0.05, 0.1) is 29.1 Å². The fourth-order valence-electron chi connectivity index (χ4n) is 2.08. The van der Waals surface area contributed by atoms with E-state index < -0.39 is 0 Å². The summed E-state index contributed by atoms with van der Waals surface area (Å²) in [5, 5.41) is 0.910. The Labute approximate surface area is 126 Å². The largest absolute Gasteiger partial charge is 0.497 e. The van der Waals surface area contributed by atoms with E-state index in [1.807, 2.05) is 36.4 Å². The van der Waals surface area contributed by atoms with Gasteiger partial charge >= 0.3 is 0 Å². The highest BCUT2D eigenvalue weighted by Crippen LogP contribution is 2.33. The van der Waals surface area contributed by atoms with Gasteiger partial charge in [-0.1, -0.05) is 17.8 Å². The number of nitrogens with two attached hydrogens (primary N) is 1. The van der Waals surface area contributed by atoms with Crippen molar-refractivity contribution >= 4 is 22.8 Å². The van der Waals surface area contributed by atoms with Crippen LogP contribution in [0, 0.1) is 0 Å². The zero-order valence-corrected chi connectivity index (χ0v) is 12.4. The molecule has 3 rings (SSSR count). The van der Waals surface area contributed by atoms with Crippen molar-refractivity contribution in [1.82, 2.24) is 15.0 Å². The Kier molecular flexibility index (Phi) is 4.08. The molecule has 3 aromatic rings. The molecular weight excluding hydrogens is 284 g/mol. The molecule has 3 N–H and O–H groups in total. The number of hydrogen-bond acceptors (Lipinski definition) is 5. The number of ether oxygens (including phenoxy) is 1. The highest BCUT2D eigenvalue weighted by molar-refractivity contribution is 7.99. The molecule has 6 heteroatoms. The monoisotopic (exact) mass is 300 g/mol. The second-order valence-corrected chi connectivity index (χ2v) is 5.71. The Hall–Kier alpha value is -2.05. The molecule has 0 saturated carbocycles. The third kappa shape index (κ3) is 3.01. The third-order valence-electron chi connectivity index (χ3n) is 3.15. The maximum atomic E-state index is 5.87. The smallest absolute Gasteiger partial charge is 0.167 e. The van der Waals surface area contributed by atoms with E-state index in [2.05, 4.69) is 15.0 Å². The third-order valence-corrected chi connectivity index (χ3v) is 4.29. The van der Waals surface area contributed by atoms with Gasteiger partial charge in [0, 0.05) is 18.8 Å². The number of hydrogen-bond donors (Lipinski definition) is 2. The normalized spacial score (nSPS) is 12.5. The van der Waals surface area contributed by atoms with Gasteiger partial charge in [0.15, 0.2) is 5.16 Å². The molecule has 1 unspecified atom stereocenters. The van der Waals surface area contributed by atoms with E-state index in [9.17, 15) is 0 Å². The predicted octanol–water partition coefficient (Wildman–Crippen LogP) is 2.76. The van der Waals surface area contributed by atoms with Crippen LogP contribution in [0.1, 0.15) is 10.9 Å². The molecule has 0 fully saturated rings. The molecule has 108 valence electrons. The molecule has 0 aliphatic rings. The molecule has 0 bridgehead atoms. The second-order valence-electron chi connectivity index (χ2n) is 4.52. The number of nitrogens with one attached hydrogen (secondary N) is 1. The Morgan fingerprint density at radius 1 is 1.33 bits per heavy atom. The van der Waals surface area contributed by atoms with Gasteiger partial charge in [0.1, 0.15) is 5.75 Å². The Balaban J connectivity index is 1.86. The average molecular weight is 300 g/mol. The summed E-state index contributed by atoms with van der Waals surface area (Å²) in [4.78, 5) is 12.2. The minimum atomic E-state index is 0.0775. The first kappa shape index (κ1) is 13.9. The first-order valence-electron chi connectivity index (χ1n) is 6.61. The van der Waals surface area contributed by atoms with Crippen LogP contribution in [-0.4, -0.2) is 28.6 Å².